The van der Waals surface area contributed by atoms with Crippen LogP contribution in [0.25, 0.3) is 0 Å². The number of nitrogens with one attached hydrogen (secondary N) is 1. The van der Waals surface area contributed by atoms with Crippen LogP contribution in [0.2, 0.25) is 0 Å². The Morgan fingerprint density at radius 3 is 2.14 bits per heavy atom. The summed E-state index contributed by atoms with van der Waals surface area (Å²) in [4.78, 5) is 14.3. The Balaban J connectivity index is 1.55. The van der Waals surface area contributed by atoms with Gasteiger partial charge in [0.15, 0.2) is 0 Å². The molecule has 0 atom stereocenters. The number of piperidine rings is 1. The van der Waals surface area contributed by atoms with Crippen LogP contribution in [0, 0.1) is 0 Å². The first-order valence-electron chi connectivity index (χ1n) is 7.54. The maximum absolute atomic E-state index is 12.4. The Bertz CT molecular complexity index is 643. The van der Waals surface area contributed by atoms with Gasteiger partial charge in [0.2, 0.25) is 0 Å². The van der Waals surface area contributed by atoms with E-state index in [1.807, 2.05) is 65.6 Å². The minimum atomic E-state index is 0.107. The molecule has 0 spiro atoms. The lowest BCUT2D eigenvalue weighted by atomic mass is 10.1. The van der Waals surface area contributed by atoms with Gasteiger partial charge in [0.25, 0.3) is 5.91 Å². The van der Waals surface area contributed by atoms with Gasteiger partial charge in [-0.05, 0) is 24.3 Å². The first kappa shape index (κ1) is 14.3. The molecule has 112 valence electrons. The van der Waals surface area contributed by atoms with Gasteiger partial charge in [-0.15, -0.1) is 0 Å². The van der Waals surface area contributed by atoms with E-state index < -0.39 is 0 Å². The average molecular weight is 293 g/mol. The molecule has 22 heavy (non-hydrogen) atoms. The first-order chi connectivity index (χ1) is 10.8. The number of rotatable bonds is 3. The minimum absolute atomic E-state index is 0.107. The Morgan fingerprint density at radius 1 is 0.909 bits per heavy atom. The highest BCUT2D eigenvalue weighted by Gasteiger charge is 2.20. The highest BCUT2D eigenvalue weighted by Crippen LogP contribution is 2.13. The van der Waals surface area contributed by atoms with E-state index in [1.54, 1.807) is 0 Å². The van der Waals surface area contributed by atoms with Crippen molar-refractivity contribution in [1.29, 1.82) is 0 Å². The van der Waals surface area contributed by atoms with Crippen LogP contribution >= 0.6 is 0 Å². The number of nitrogens with zero attached hydrogens (tertiary/aromatic N) is 2. The van der Waals surface area contributed by atoms with Crippen molar-refractivity contribution in [2.45, 2.75) is 12.8 Å². The number of benzene rings is 2. The molecule has 0 aromatic heterocycles. The van der Waals surface area contributed by atoms with Crippen molar-refractivity contribution in [3.8, 4) is 0 Å². The molecule has 0 saturated carbocycles. The fraction of sp³-hybridized carbons (Fsp3) is 0.222. The molecule has 1 heterocycles. The van der Waals surface area contributed by atoms with E-state index in [-0.39, 0.29) is 5.91 Å². The molecule has 1 aliphatic rings. The van der Waals surface area contributed by atoms with Crippen molar-refractivity contribution in [2.24, 2.45) is 5.10 Å². The van der Waals surface area contributed by atoms with Crippen LogP contribution in [0.1, 0.15) is 23.2 Å². The van der Waals surface area contributed by atoms with E-state index >= 15 is 0 Å². The molecule has 1 fully saturated rings. The second-order valence-electron chi connectivity index (χ2n) is 5.31. The number of para-hydroxylation sites is 1. The molecule has 1 amide bonds. The lowest BCUT2D eigenvalue weighted by molar-refractivity contribution is 0.0755. The van der Waals surface area contributed by atoms with Gasteiger partial charge < -0.3 is 4.90 Å². The highest BCUT2D eigenvalue weighted by atomic mass is 16.2. The van der Waals surface area contributed by atoms with E-state index in [0.717, 1.165) is 42.9 Å². The molecule has 3 rings (SSSR count). The number of likely N-dealkylation sites (tertiary alicyclic amines) is 1. The third-order valence-electron chi connectivity index (χ3n) is 3.77. The molecular formula is C18H19N3O. The minimum Gasteiger partial charge on any atom is -0.338 e. The number of hydrogen-bond donors (Lipinski definition) is 1. The largest absolute Gasteiger partial charge is 0.338 e. The predicted octanol–water partition coefficient (Wildman–Crippen LogP) is 3.39. The fourth-order valence-corrected chi connectivity index (χ4v) is 2.50. The first-order valence-corrected chi connectivity index (χ1v) is 7.54. The standard InChI is InChI=1S/C18H19N3O/c22-18(15-7-3-1-4-8-15)21-13-11-17(12-14-21)20-19-16-9-5-2-6-10-16/h1-10,19H,11-14H2. The van der Waals surface area contributed by atoms with Crippen molar-refractivity contribution < 1.29 is 4.79 Å². The maximum Gasteiger partial charge on any atom is 0.253 e. The molecular weight excluding hydrogens is 274 g/mol. The molecule has 0 aliphatic carbocycles. The Labute approximate surface area is 130 Å². The predicted molar refractivity (Wildman–Crippen MR) is 89.1 cm³/mol. The van der Waals surface area contributed by atoms with Crippen LogP contribution in [0.3, 0.4) is 0 Å². The number of amides is 1. The lowest BCUT2D eigenvalue weighted by Crippen LogP contribution is -2.38. The lowest BCUT2D eigenvalue weighted by Gasteiger charge is -2.27. The molecule has 1 saturated heterocycles. The van der Waals surface area contributed by atoms with Crippen LogP contribution in [0.5, 0.6) is 0 Å². The number of anilines is 1. The van der Waals surface area contributed by atoms with E-state index in [9.17, 15) is 4.79 Å². The van der Waals surface area contributed by atoms with Crippen LogP contribution in [0.4, 0.5) is 5.69 Å². The summed E-state index contributed by atoms with van der Waals surface area (Å²) in [5.74, 6) is 0.107. The zero-order valence-corrected chi connectivity index (χ0v) is 12.4. The second kappa shape index (κ2) is 6.89. The molecule has 0 unspecified atom stereocenters. The summed E-state index contributed by atoms with van der Waals surface area (Å²) >= 11 is 0. The van der Waals surface area contributed by atoms with Crippen molar-refractivity contribution in [2.75, 3.05) is 18.5 Å². The van der Waals surface area contributed by atoms with Gasteiger partial charge >= 0.3 is 0 Å². The Morgan fingerprint density at radius 2 is 1.50 bits per heavy atom. The molecule has 0 bridgehead atoms. The summed E-state index contributed by atoms with van der Waals surface area (Å²) in [6.07, 6.45) is 1.64. The molecule has 1 aliphatic heterocycles. The summed E-state index contributed by atoms with van der Waals surface area (Å²) in [6.45, 7) is 1.45. The van der Waals surface area contributed by atoms with Gasteiger partial charge in [0, 0.05) is 37.2 Å². The second-order valence-corrected chi connectivity index (χ2v) is 5.31. The summed E-state index contributed by atoms with van der Waals surface area (Å²) in [5, 5.41) is 4.45. The summed E-state index contributed by atoms with van der Waals surface area (Å²) in [7, 11) is 0. The molecule has 1 N–H and O–H groups in total. The van der Waals surface area contributed by atoms with E-state index in [0.29, 0.717) is 0 Å². The van der Waals surface area contributed by atoms with Gasteiger partial charge in [-0.1, -0.05) is 36.4 Å². The smallest absolute Gasteiger partial charge is 0.253 e. The molecule has 4 nitrogen and oxygen atoms in total. The van der Waals surface area contributed by atoms with Crippen molar-refractivity contribution >= 4 is 17.3 Å². The number of carbonyl (C=O) groups is 1. The molecule has 4 heteroatoms. The number of hydrogen-bond acceptors (Lipinski definition) is 3. The van der Waals surface area contributed by atoms with E-state index in [1.165, 1.54) is 0 Å². The normalized spacial score (nSPS) is 14.5. The van der Waals surface area contributed by atoms with Gasteiger partial charge in [0.05, 0.1) is 5.69 Å². The molecule has 2 aromatic rings. The van der Waals surface area contributed by atoms with E-state index in [4.69, 9.17) is 0 Å². The third kappa shape index (κ3) is 3.52. The molecule has 0 radical (unpaired) electrons. The highest BCUT2D eigenvalue weighted by molar-refractivity contribution is 5.96. The summed E-state index contributed by atoms with van der Waals surface area (Å²) in [6, 6.07) is 19.3. The fourth-order valence-electron chi connectivity index (χ4n) is 2.50. The zero-order chi connectivity index (χ0) is 15.2. The van der Waals surface area contributed by atoms with Crippen molar-refractivity contribution in [3.05, 3.63) is 66.2 Å². The molecule has 2 aromatic carbocycles. The van der Waals surface area contributed by atoms with Gasteiger partial charge in [-0.3, -0.25) is 10.2 Å². The SMILES string of the molecule is O=C(c1ccccc1)N1CCC(=NNc2ccccc2)CC1. The van der Waals surface area contributed by atoms with Gasteiger partial charge in [-0.25, -0.2) is 0 Å². The van der Waals surface area contributed by atoms with E-state index in [2.05, 4.69) is 10.5 Å². The number of carbonyl (C=O) groups excluding carboxylic acids is 1. The van der Waals surface area contributed by atoms with Crippen molar-refractivity contribution in [1.82, 2.24) is 4.90 Å². The topological polar surface area (TPSA) is 44.7 Å². The van der Waals surface area contributed by atoms with Gasteiger partial charge in [0.1, 0.15) is 0 Å². The average Bonchev–Trinajstić information content (AvgIpc) is 2.61. The summed E-state index contributed by atoms with van der Waals surface area (Å²) in [5.41, 5.74) is 5.93. The third-order valence-corrected chi connectivity index (χ3v) is 3.77. The maximum atomic E-state index is 12.4. The number of hydrazone groups is 1. The van der Waals surface area contributed by atoms with Crippen LogP contribution < -0.4 is 5.43 Å². The van der Waals surface area contributed by atoms with Crippen molar-refractivity contribution in [3.63, 3.8) is 0 Å². The van der Waals surface area contributed by atoms with Crippen LogP contribution in [0.15, 0.2) is 65.8 Å². The van der Waals surface area contributed by atoms with Gasteiger partial charge in [-0.2, -0.15) is 5.10 Å². The van der Waals surface area contributed by atoms with Crippen LogP contribution in [-0.2, 0) is 0 Å². The van der Waals surface area contributed by atoms with Crippen LogP contribution in [-0.4, -0.2) is 29.6 Å². The Kier molecular flexibility index (Phi) is 4.49. The summed E-state index contributed by atoms with van der Waals surface area (Å²) < 4.78 is 0. The zero-order valence-electron chi connectivity index (χ0n) is 12.4. The quantitative estimate of drug-likeness (QED) is 0.882. The Hall–Kier alpha value is -2.62. The monoisotopic (exact) mass is 293 g/mol.